The van der Waals surface area contributed by atoms with Crippen molar-refractivity contribution in [1.82, 2.24) is 15.0 Å². The van der Waals surface area contributed by atoms with E-state index in [-0.39, 0.29) is 5.84 Å². The molecule has 3 aromatic rings. The number of nitrogen functional groups attached to an aromatic ring is 1. The van der Waals surface area contributed by atoms with Gasteiger partial charge in [-0.05, 0) is 30.0 Å². The summed E-state index contributed by atoms with van der Waals surface area (Å²) in [5.41, 5.74) is 7.04. The van der Waals surface area contributed by atoms with Crippen LogP contribution in [0.5, 0.6) is 0 Å². The number of benzene rings is 1. The molecule has 0 bridgehead atoms. The Morgan fingerprint density at radius 2 is 1.95 bits per heavy atom. The molecule has 0 saturated carbocycles. The average molecular weight is 281 g/mol. The van der Waals surface area contributed by atoms with Crippen molar-refractivity contribution < 1.29 is 0 Å². The topological polar surface area (TPSA) is 88.5 Å². The molecule has 20 heavy (non-hydrogen) atoms. The molecule has 0 aliphatic carbocycles. The minimum absolute atomic E-state index is 0.0294. The van der Waals surface area contributed by atoms with Crippen molar-refractivity contribution in [1.29, 1.82) is 5.41 Å². The van der Waals surface area contributed by atoms with Crippen molar-refractivity contribution in [2.75, 3.05) is 0 Å². The van der Waals surface area contributed by atoms with E-state index in [2.05, 4.69) is 15.0 Å². The van der Waals surface area contributed by atoms with E-state index < -0.39 is 0 Å². The van der Waals surface area contributed by atoms with Gasteiger partial charge in [-0.3, -0.25) is 5.41 Å². The van der Waals surface area contributed by atoms with E-state index in [9.17, 15) is 0 Å². The number of pyridine rings is 1. The number of nitrogens with zero attached hydrogens (tertiary/aromatic N) is 3. The van der Waals surface area contributed by atoms with Crippen LogP contribution in [0.1, 0.15) is 5.56 Å². The van der Waals surface area contributed by atoms with Gasteiger partial charge in [-0.25, -0.2) is 15.0 Å². The normalized spacial score (nSPS) is 10.6. The van der Waals surface area contributed by atoms with Crippen LogP contribution < -0.4 is 5.73 Å². The summed E-state index contributed by atoms with van der Waals surface area (Å²) in [6.45, 7) is 0. The van der Waals surface area contributed by atoms with E-state index in [4.69, 9.17) is 11.1 Å². The Morgan fingerprint density at radius 1 is 1.10 bits per heavy atom. The largest absolute Gasteiger partial charge is 0.384 e. The predicted molar refractivity (Wildman–Crippen MR) is 78.9 cm³/mol. The molecule has 0 saturated heterocycles. The SMILES string of the molecule is N=C(N)c1ccnc(Sc2ncnc3ccccc23)c1. The third-order valence-electron chi connectivity index (χ3n) is 2.75. The van der Waals surface area contributed by atoms with E-state index >= 15 is 0 Å². The fourth-order valence-corrected chi connectivity index (χ4v) is 2.67. The van der Waals surface area contributed by atoms with Crippen LogP contribution in [0.25, 0.3) is 10.9 Å². The summed E-state index contributed by atoms with van der Waals surface area (Å²) in [6, 6.07) is 11.3. The summed E-state index contributed by atoms with van der Waals surface area (Å²) in [7, 11) is 0. The van der Waals surface area contributed by atoms with Crippen LogP contribution in [0.3, 0.4) is 0 Å². The van der Waals surface area contributed by atoms with Gasteiger partial charge in [0.15, 0.2) is 0 Å². The molecule has 3 N–H and O–H groups in total. The number of fused-ring (bicyclic) bond motifs is 1. The highest BCUT2D eigenvalue weighted by atomic mass is 32.2. The Balaban J connectivity index is 2.01. The van der Waals surface area contributed by atoms with Crippen LogP contribution in [0, 0.1) is 5.41 Å². The van der Waals surface area contributed by atoms with Crippen molar-refractivity contribution >= 4 is 28.5 Å². The zero-order chi connectivity index (χ0) is 13.9. The first-order valence-corrected chi connectivity index (χ1v) is 6.74. The Hall–Kier alpha value is -2.47. The molecule has 0 unspecified atom stereocenters. The lowest BCUT2D eigenvalue weighted by molar-refractivity contribution is 1.08. The van der Waals surface area contributed by atoms with Gasteiger partial charge in [0.05, 0.1) is 5.52 Å². The maximum atomic E-state index is 7.46. The fourth-order valence-electron chi connectivity index (χ4n) is 1.79. The van der Waals surface area contributed by atoms with Gasteiger partial charge in [-0.1, -0.05) is 18.2 Å². The molecule has 0 aliphatic rings. The van der Waals surface area contributed by atoms with E-state index in [0.29, 0.717) is 5.56 Å². The summed E-state index contributed by atoms with van der Waals surface area (Å²) < 4.78 is 0. The average Bonchev–Trinajstić information content (AvgIpc) is 2.48. The molecule has 5 nitrogen and oxygen atoms in total. The van der Waals surface area contributed by atoms with Gasteiger partial charge in [0.1, 0.15) is 22.2 Å². The highest BCUT2D eigenvalue weighted by Crippen LogP contribution is 2.29. The number of para-hydroxylation sites is 1. The first-order chi connectivity index (χ1) is 9.74. The minimum Gasteiger partial charge on any atom is -0.384 e. The zero-order valence-corrected chi connectivity index (χ0v) is 11.3. The van der Waals surface area contributed by atoms with Crippen molar-refractivity contribution in [2.24, 2.45) is 5.73 Å². The first-order valence-electron chi connectivity index (χ1n) is 5.92. The van der Waals surface area contributed by atoms with E-state index in [1.54, 1.807) is 24.7 Å². The van der Waals surface area contributed by atoms with Gasteiger partial charge in [0.25, 0.3) is 0 Å². The van der Waals surface area contributed by atoms with Gasteiger partial charge >= 0.3 is 0 Å². The van der Waals surface area contributed by atoms with Crippen LogP contribution in [0.4, 0.5) is 0 Å². The van der Waals surface area contributed by atoms with E-state index in [1.807, 2.05) is 24.3 Å². The fraction of sp³-hybridized carbons (Fsp3) is 0. The van der Waals surface area contributed by atoms with Crippen molar-refractivity contribution in [2.45, 2.75) is 10.1 Å². The Labute approximate surface area is 119 Å². The molecule has 0 fully saturated rings. The first kappa shape index (κ1) is 12.6. The number of rotatable bonds is 3. The van der Waals surface area contributed by atoms with Gasteiger partial charge < -0.3 is 5.73 Å². The molecule has 0 atom stereocenters. The third kappa shape index (κ3) is 2.46. The highest BCUT2D eigenvalue weighted by molar-refractivity contribution is 7.99. The minimum atomic E-state index is 0.0294. The molecule has 0 amide bonds. The summed E-state index contributed by atoms with van der Waals surface area (Å²) in [4.78, 5) is 12.8. The van der Waals surface area contributed by atoms with E-state index in [1.165, 1.54) is 11.8 Å². The van der Waals surface area contributed by atoms with Crippen molar-refractivity contribution in [3.05, 3.63) is 54.5 Å². The lowest BCUT2D eigenvalue weighted by Gasteiger charge is -2.05. The third-order valence-corrected chi connectivity index (χ3v) is 3.70. The molecule has 0 spiro atoms. The standard InChI is InChI=1S/C14H11N5S/c15-13(16)9-5-6-17-12(7-9)20-14-10-3-1-2-4-11(10)18-8-19-14/h1-8H,(H3,15,16). The summed E-state index contributed by atoms with van der Waals surface area (Å²) >= 11 is 1.43. The Bertz CT molecular complexity index is 782. The van der Waals surface area contributed by atoms with Crippen LogP contribution in [-0.4, -0.2) is 20.8 Å². The van der Waals surface area contributed by atoms with Gasteiger partial charge in [0.2, 0.25) is 0 Å². The second kappa shape index (κ2) is 5.26. The smallest absolute Gasteiger partial charge is 0.122 e. The van der Waals surface area contributed by atoms with Gasteiger partial charge in [0, 0.05) is 17.1 Å². The number of aromatic nitrogens is 3. The van der Waals surface area contributed by atoms with Crippen LogP contribution in [0.15, 0.2) is 59.0 Å². The molecule has 2 aromatic heterocycles. The van der Waals surface area contributed by atoms with Gasteiger partial charge in [-0.15, -0.1) is 0 Å². The number of hydrogen-bond donors (Lipinski definition) is 2. The summed E-state index contributed by atoms with van der Waals surface area (Å²) in [5, 5.41) is 10.0. The number of amidine groups is 1. The maximum Gasteiger partial charge on any atom is 0.122 e. The van der Waals surface area contributed by atoms with Crippen LogP contribution >= 0.6 is 11.8 Å². The number of nitrogens with two attached hydrogens (primary N) is 1. The number of nitrogens with one attached hydrogen (secondary N) is 1. The molecule has 3 rings (SSSR count). The zero-order valence-electron chi connectivity index (χ0n) is 10.4. The Morgan fingerprint density at radius 3 is 2.80 bits per heavy atom. The Kier molecular flexibility index (Phi) is 3.30. The molecule has 1 aromatic carbocycles. The highest BCUT2D eigenvalue weighted by Gasteiger charge is 2.07. The lowest BCUT2D eigenvalue weighted by Crippen LogP contribution is -2.10. The second-order valence-corrected chi connectivity index (χ2v) is 5.10. The summed E-state index contributed by atoms with van der Waals surface area (Å²) in [6.07, 6.45) is 3.18. The van der Waals surface area contributed by atoms with Crippen LogP contribution in [0.2, 0.25) is 0 Å². The lowest BCUT2D eigenvalue weighted by atomic mass is 10.2. The maximum absolute atomic E-state index is 7.46. The second-order valence-electron chi connectivity index (χ2n) is 4.09. The molecule has 0 radical (unpaired) electrons. The number of hydrogen-bond acceptors (Lipinski definition) is 5. The van der Waals surface area contributed by atoms with E-state index in [0.717, 1.165) is 21.0 Å². The monoisotopic (exact) mass is 281 g/mol. The molecule has 2 heterocycles. The molecule has 98 valence electrons. The quantitative estimate of drug-likeness (QED) is 0.437. The van der Waals surface area contributed by atoms with Crippen molar-refractivity contribution in [3.8, 4) is 0 Å². The summed E-state index contributed by atoms with van der Waals surface area (Å²) in [5.74, 6) is 0.0294. The van der Waals surface area contributed by atoms with Crippen LogP contribution in [-0.2, 0) is 0 Å². The van der Waals surface area contributed by atoms with Gasteiger partial charge in [-0.2, -0.15) is 0 Å². The molecular weight excluding hydrogens is 270 g/mol. The molecular formula is C14H11N5S. The van der Waals surface area contributed by atoms with Crippen molar-refractivity contribution in [3.63, 3.8) is 0 Å². The molecule has 0 aliphatic heterocycles. The molecule has 6 heteroatoms. The predicted octanol–water partition coefficient (Wildman–Crippen LogP) is 2.46.